The Labute approximate surface area is 83.1 Å². The van der Waals surface area contributed by atoms with E-state index in [-0.39, 0.29) is 0 Å². The second-order valence-electron chi connectivity index (χ2n) is 4.13. The highest BCUT2D eigenvalue weighted by Gasteiger charge is 2.37. The van der Waals surface area contributed by atoms with Gasteiger partial charge in [-0.1, -0.05) is 20.8 Å². The predicted octanol–water partition coefficient (Wildman–Crippen LogP) is 2.64. The van der Waals surface area contributed by atoms with Crippen LogP contribution >= 0.6 is 11.6 Å². The van der Waals surface area contributed by atoms with Gasteiger partial charge in [-0.05, 0) is 23.9 Å². The van der Waals surface area contributed by atoms with E-state index >= 15 is 0 Å². The summed E-state index contributed by atoms with van der Waals surface area (Å²) in [6.45, 7) is 6.46. The van der Waals surface area contributed by atoms with Crippen molar-refractivity contribution in [2.45, 2.75) is 39.2 Å². The van der Waals surface area contributed by atoms with Gasteiger partial charge in [-0.25, -0.2) is 0 Å². The van der Waals surface area contributed by atoms with Gasteiger partial charge in [-0.15, -0.1) is 10.2 Å². The first-order chi connectivity index (χ1) is 6.11. The van der Waals surface area contributed by atoms with Crippen molar-refractivity contribution in [3.63, 3.8) is 0 Å². The molecule has 1 saturated carbocycles. The molecule has 4 heteroatoms. The molecule has 0 radical (unpaired) electrons. The van der Waals surface area contributed by atoms with Gasteiger partial charge in [0.2, 0.25) is 5.28 Å². The lowest BCUT2D eigenvalue weighted by molar-refractivity contribution is 0.612. The Morgan fingerprint density at radius 1 is 1.46 bits per heavy atom. The first kappa shape index (κ1) is 9.00. The summed E-state index contributed by atoms with van der Waals surface area (Å²) in [6, 6.07) is 0.542. The molecule has 3 nitrogen and oxygen atoms in total. The monoisotopic (exact) mass is 199 g/mol. The minimum Gasteiger partial charge on any atom is -0.298 e. The summed E-state index contributed by atoms with van der Waals surface area (Å²) in [5.74, 6) is 2.14. The normalized spacial score (nSPS) is 26.8. The molecule has 1 aromatic rings. The van der Waals surface area contributed by atoms with Crippen molar-refractivity contribution in [2.75, 3.05) is 0 Å². The number of hydrogen-bond donors (Lipinski definition) is 0. The molecular formula is C9H14ClN3. The Morgan fingerprint density at radius 2 is 2.08 bits per heavy atom. The summed E-state index contributed by atoms with van der Waals surface area (Å²) < 4.78 is 2.08. The maximum atomic E-state index is 5.98. The van der Waals surface area contributed by atoms with Crippen molar-refractivity contribution in [3.05, 3.63) is 11.1 Å². The third-order valence-corrected chi connectivity index (χ3v) is 2.85. The van der Waals surface area contributed by atoms with Crippen LogP contribution in [0.15, 0.2) is 0 Å². The van der Waals surface area contributed by atoms with E-state index in [1.165, 1.54) is 6.42 Å². The van der Waals surface area contributed by atoms with Crippen molar-refractivity contribution in [1.82, 2.24) is 14.8 Å². The Morgan fingerprint density at radius 3 is 2.54 bits per heavy atom. The van der Waals surface area contributed by atoms with Gasteiger partial charge in [0.25, 0.3) is 0 Å². The van der Waals surface area contributed by atoms with Crippen LogP contribution in [0.2, 0.25) is 5.28 Å². The van der Waals surface area contributed by atoms with Crippen LogP contribution < -0.4 is 0 Å². The van der Waals surface area contributed by atoms with Crippen LogP contribution in [0, 0.1) is 5.92 Å². The molecule has 2 atom stereocenters. The van der Waals surface area contributed by atoms with Crippen molar-refractivity contribution in [1.29, 1.82) is 0 Å². The van der Waals surface area contributed by atoms with Gasteiger partial charge in [0.05, 0.1) is 0 Å². The van der Waals surface area contributed by atoms with Crippen LogP contribution in [0.25, 0.3) is 0 Å². The molecule has 0 amide bonds. The van der Waals surface area contributed by atoms with Crippen LogP contribution in [0.5, 0.6) is 0 Å². The minimum atomic E-state index is 0.396. The fraction of sp³-hybridized carbons (Fsp3) is 0.778. The summed E-state index contributed by atoms with van der Waals surface area (Å²) in [7, 11) is 0. The molecule has 0 aromatic carbocycles. The van der Waals surface area contributed by atoms with Gasteiger partial charge in [-0.2, -0.15) is 0 Å². The average Bonchev–Trinajstić information content (AvgIpc) is 2.60. The van der Waals surface area contributed by atoms with Crippen LogP contribution in [-0.4, -0.2) is 14.8 Å². The lowest BCUT2D eigenvalue weighted by Gasteiger charge is -2.08. The Balaban J connectivity index is 2.36. The average molecular weight is 200 g/mol. The molecule has 0 aliphatic heterocycles. The van der Waals surface area contributed by atoms with E-state index in [1.807, 2.05) is 0 Å². The van der Waals surface area contributed by atoms with Crippen LogP contribution in [-0.2, 0) is 0 Å². The molecule has 13 heavy (non-hydrogen) atoms. The van der Waals surface area contributed by atoms with Crippen molar-refractivity contribution in [3.8, 4) is 0 Å². The lowest BCUT2D eigenvalue weighted by atomic mass is 10.2. The maximum Gasteiger partial charge on any atom is 0.225 e. The van der Waals surface area contributed by atoms with E-state index in [0.717, 1.165) is 11.7 Å². The van der Waals surface area contributed by atoms with E-state index in [9.17, 15) is 0 Å². The van der Waals surface area contributed by atoms with Crippen LogP contribution in [0.4, 0.5) is 0 Å². The number of halogens is 1. The first-order valence-electron chi connectivity index (χ1n) is 4.71. The van der Waals surface area contributed by atoms with Gasteiger partial charge >= 0.3 is 0 Å². The topological polar surface area (TPSA) is 30.7 Å². The van der Waals surface area contributed by atoms with Crippen LogP contribution in [0.1, 0.15) is 45.0 Å². The molecule has 2 rings (SSSR count). The minimum absolute atomic E-state index is 0.396. The van der Waals surface area contributed by atoms with Gasteiger partial charge < -0.3 is 0 Å². The second kappa shape index (κ2) is 2.98. The van der Waals surface area contributed by atoms with Gasteiger partial charge in [-0.3, -0.25) is 4.57 Å². The third-order valence-electron chi connectivity index (χ3n) is 2.60. The Bertz CT molecular complexity index is 319. The summed E-state index contributed by atoms with van der Waals surface area (Å²) >= 11 is 5.98. The standard InChI is InChI=1S/C9H14ClN3/c1-5(2)8-11-12-9(10)13(8)7-4-6(7)3/h5-7H,4H2,1-3H3. The molecule has 0 bridgehead atoms. The predicted molar refractivity (Wildman–Crippen MR) is 51.9 cm³/mol. The molecule has 0 spiro atoms. The number of nitrogens with zero attached hydrogens (tertiary/aromatic N) is 3. The third kappa shape index (κ3) is 1.46. The molecule has 1 aliphatic rings. The van der Waals surface area contributed by atoms with Gasteiger partial charge in [0.15, 0.2) is 0 Å². The molecule has 0 saturated heterocycles. The highest BCUT2D eigenvalue weighted by molar-refractivity contribution is 6.28. The number of rotatable bonds is 2. The maximum absolute atomic E-state index is 5.98. The molecule has 1 aromatic heterocycles. The van der Waals surface area contributed by atoms with Crippen molar-refractivity contribution in [2.24, 2.45) is 5.92 Å². The molecule has 2 unspecified atom stereocenters. The zero-order valence-electron chi connectivity index (χ0n) is 8.16. The number of hydrogen-bond acceptors (Lipinski definition) is 2. The molecule has 1 heterocycles. The number of aromatic nitrogens is 3. The van der Waals surface area contributed by atoms with Crippen LogP contribution in [0.3, 0.4) is 0 Å². The second-order valence-corrected chi connectivity index (χ2v) is 4.47. The highest BCUT2D eigenvalue weighted by Crippen LogP contribution is 2.45. The van der Waals surface area contributed by atoms with Gasteiger partial charge in [0.1, 0.15) is 5.82 Å². The Hall–Kier alpha value is -0.570. The summed E-state index contributed by atoms with van der Waals surface area (Å²) in [5, 5.41) is 8.54. The van der Waals surface area contributed by atoms with Crippen molar-refractivity contribution >= 4 is 11.6 Å². The van der Waals surface area contributed by atoms with E-state index in [2.05, 4.69) is 35.5 Å². The molecule has 0 N–H and O–H groups in total. The van der Waals surface area contributed by atoms with E-state index < -0.39 is 0 Å². The summed E-state index contributed by atoms with van der Waals surface area (Å²) in [4.78, 5) is 0. The van der Waals surface area contributed by atoms with E-state index in [1.54, 1.807) is 0 Å². The first-order valence-corrected chi connectivity index (χ1v) is 5.09. The smallest absolute Gasteiger partial charge is 0.225 e. The molecule has 1 aliphatic carbocycles. The summed E-state index contributed by atoms with van der Waals surface area (Å²) in [6.07, 6.45) is 1.21. The summed E-state index contributed by atoms with van der Waals surface area (Å²) in [5.41, 5.74) is 0. The quantitative estimate of drug-likeness (QED) is 0.733. The SMILES string of the molecule is CC(C)c1nnc(Cl)n1C1CC1C. The fourth-order valence-corrected chi connectivity index (χ4v) is 1.90. The lowest BCUT2D eigenvalue weighted by Crippen LogP contribution is -2.04. The zero-order valence-corrected chi connectivity index (χ0v) is 8.91. The van der Waals surface area contributed by atoms with Crippen molar-refractivity contribution < 1.29 is 0 Å². The van der Waals surface area contributed by atoms with Gasteiger partial charge in [0, 0.05) is 12.0 Å². The molecule has 72 valence electrons. The van der Waals surface area contributed by atoms with E-state index in [0.29, 0.717) is 17.2 Å². The van der Waals surface area contributed by atoms with E-state index in [4.69, 9.17) is 11.6 Å². The highest BCUT2D eigenvalue weighted by atomic mass is 35.5. The molecule has 1 fully saturated rings. The Kier molecular flexibility index (Phi) is 2.06. The zero-order chi connectivity index (χ0) is 9.59. The fourth-order valence-electron chi connectivity index (χ4n) is 1.65. The molecular weight excluding hydrogens is 186 g/mol. The largest absolute Gasteiger partial charge is 0.298 e.